The van der Waals surface area contributed by atoms with E-state index in [0.29, 0.717) is 13.0 Å². The molecule has 29 heavy (non-hydrogen) atoms. The van der Waals surface area contributed by atoms with Gasteiger partial charge in [0.2, 0.25) is 5.91 Å². The Hall–Kier alpha value is -2.44. The zero-order valence-electron chi connectivity index (χ0n) is 17.4. The van der Waals surface area contributed by atoms with Crippen molar-refractivity contribution in [3.05, 3.63) is 59.3 Å². The topological polar surface area (TPSA) is 48.9 Å². The molecule has 2 aliphatic heterocycles. The Balaban J connectivity index is 1.31. The van der Waals surface area contributed by atoms with E-state index in [2.05, 4.69) is 59.2 Å². The van der Waals surface area contributed by atoms with Crippen LogP contribution in [0.4, 0.5) is 5.82 Å². The first-order valence-electron chi connectivity index (χ1n) is 10.4. The monoisotopic (exact) mass is 394 g/mol. The highest BCUT2D eigenvalue weighted by molar-refractivity contribution is 5.77. The van der Waals surface area contributed by atoms with Crippen molar-refractivity contribution < 1.29 is 9.53 Å². The van der Waals surface area contributed by atoms with Crippen LogP contribution in [0.3, 0.4) is 0 Å². The molecule has 1 aromatic heterocycles. The van der Waals surface area contributed by atoms with Crippen molar-refractivity contribution in [2.24, 2.45) is 0 Å². The quantitative estimate of drug-likeness (QED) is 0.780. The number of hydrogen-bond donors (Lipinski definition) is 0. The lowest BCUT2D eigenvalue weighted by Gasteiger charge is -2.36. The fraction of sp³-hybridized carbons (Fsp3) is 0.478. The average molecular weight is 395 g/mol. The summed E-state index contributed by atoms with van der Waals surface area (Å²) in [5.41, 5.74) is 3.69. The second-order valence-electron chi connectivity index (χ2n) is 8.14. The molecule has 1 unspecified atom stereocenters. The van der Waals surface area contributed by atoms with Crippen LogP contribution in [-0.4, -0.2) is 67.6 Å². The summed E-state index contributed by atoms with van der Waals surface area (Å²) in [4.78, 5) is 23.9. The molecule has 6 heteroatoms. The van der Waals surface area contributed by atoms with Gasteiger partial charge in [-0.2, -0.15) is 0 Å². The van der Waals surface area contributed by atoms with Crippen LogP contribution in [0.1, 0.15) is 29.2 Å². The number of anilines is 1. The van der Waals surface area contributed by atoms with Crippen LogP contribution < -0.4 is 4.90 Å². The van der Waals surface area contributed by atoms with Gasteiger partial charge in [0, 0.05) is 38.9 Å². The first-order valence-corrected chi connectivity index (χ1v) is 10.4. The fourth-order valence-electron chi connectivity index (χ4n) is 4.18. The smallest absolute Gasteiger partial charge is 0.225 e. The van der Waals surface area contributed by atoms with E-state index in [1.807, 2.05) is 17.2 Å². The first kappa shape index (κ1) is 19.9. The summed E-state index contributed by atoms with van der Waals surface area (Å²) in [7, 11) is 4.11. The highest BCUT2D eigenvalue weighted by Gasteiger charge is 2.27. The third-order valence-electron chi connectivity index (χ3n) is 5.72. The normalized spacial score (nSPS) is 19.3. The van der Waals surface area contributed by atoms with Gasteiger partial charge in [0.15, 0.2) is 0 Å². The number of rotatable bonds is 5. The maximum Gasteiger partial charge on any atom is 0.225 e. The summed E-state index contributed by atoms with van der Waals surface area (Å²) >= 11 is 0. The largest absolute Gasteiger partial charge is 0.373 e. The molecule has 0 radical (unpaired) electrons. The SMILES string of the molecule is CN(C)Cc1ccc(N2CCN(C(=O)CC3OCCc4ccccc43)CC2)nc1. The Morgan fingerprint density at radius 3 is 2.66 bits per heavy atom. The summed E-state index contributed by atoms with van der Waals surface area (Å²) in [5, 5.41) is 0. The fourth-order valence-corrected chi connectivity index (χ4v) is 4.18. The molecular formula is C23H30N4O2. The van der Waals surface area contributed by atoms with Crippen molar-refractivity contribution in [3.63, 3.8) is 0 Å². The molecule has 4 rings (SSSR count). The molecule has 0 saturated carbocycles. The highest BCUT2D eigenvalue weighted by Crippen LogP contribution is 2.30. The van der Waals surface area contributed by atoms with Crippen LogP contribution in [0, 0.1) is 0 Å². The standard InChI is InChI=1S/C23H30N4O2/c1-25(2)17-18-7-8-22(24-16-18)26-10-12-27(13-11-26)23(28)15-21-20-6-4-3-5-19(20)9-14-29-21/h3-8,16,21H,9-15,17H2,1-2H3. The molecule has 1 fully saturated rings. The van der Waals surface area contributed by atoms with Gasteiger partial charge in [-0.15, -0.1) is 0 Å². The van der Waals surface area contributed by atoms with Crippen molar-refractivity contribution in [3.8, 4) is 0 Å². The molecule has 0 N–H and O–H groups in total. The number of piperazine rings is 1. The van der Waals surface area contributed by atoms with Crippen molar-refractivity contribution >= 4 is 11.7 Å². The number of hydrogen-bond acceptors (Lipinski definition) is 5. The Bertz CT molecular complexity index is 829. The van der Waals surface area contributed by atoms with E-state index in [9.17, 15) is 4.79 Å². The number of amides is 1. The molecule has 1 amide bonds. The summed E-state index contributed by atoms with van der Waals surface area (Å²) in [6.45, 7) is 4.67. The van der Waals surface area contributed by atoms with E-state index in [1.54, 1.807) is 0 Å². The number of ether oxygens (including phenoxy) is 1. The van der Waals surface area contributed by atoms with Crippen molar-refractivity contribution in [1.29, 1.82) is 0 Å². The molecule has 3 heterocycles. The number of fused-ring (bicyclic) bond motifs is 1. The van der Waals surface area contributed by atoms with E-state index >= 15 is 0 Å². The van der Waals surface area contributed by atoms with Gasteiger partial charge in [0.25, 0.3) is 0 Å². The zero-order valence-corrected chi connectivity index (χ0v) is 17.4. The predicted octanol–water partition coefficient (Wildman–Crippen LogP) is 2.50. The number of nitrogens with zero attached hydrogens (tertiary/aromatic N) is 4. The Morgan fingerprint density at radius 2 is 1.93 bits per heavy atom. The summed E-state index contributed by atoms with van der Waals surface area (Å²) in [5.74, 6) is 1.17. The second-order valence-corrected chi connectivity index (χ2v) is 8.14. The Kier molecular flexibility index (Phi) is 6.11. The lowest BCUT2D eigenvalue weighted by molar-refractivity contribution is -0.135. The number of aromatic nitrogens is 1. The molecule has 154 valence electrons. The molecule has 0 bridgehead atoms. The molecular weight excluding hydrogens is 364 g/mol. The van der Waals surface area contributed by atoms with E-state index in [-0.39, 0.29) is 12.0 Å². The summed E-state index contributed by atoms with van der Waals surface area (Å²) < 4.78 is 5.92. The van der Waals surface area contributed by atoms with E-state index in [1.165, 1.54) is 16.7 Å². The van der Waals surface area contributed by atoms with E-state index < -0.39 is 0 Å². The van der Waals surface area contributed by atoms with Gasteiger partial charge in [-0.25, -0.2) is 4.98 Å². The second kappa shape index (κ2) is 8.93. The minimum atomic E-state index is -0.114. The van der Waals surface area contributed by atoms with Crippen LogP contribution in [-0.2, 0) is 22.5 Å². The Morgan fingerprint density at radius 1 is 1.14 bits per heavy atom. The molecule has 1 saturated heterocycles. The highest BCUT2D eigenvalue weighted by atomic mass is 16.5. The maximum atomic E-state index is 12.9. The van der Waals surface area contributed by atoms with Gasteiger partial charge in [-0.1, -0.05) is 30.3 Å². The van der Waals surface area contributed by atoms with E-state index in [4.69, 9.17) is 4.74 Å². The molecule has 2 aromatic rings. The van der Waals surface area contributed by atoms with Crippen LogP contribution in [0.25, 0.3) is 0 Å². The van der Waals surface area contributed by atoms with Gasteiger partial charge < -0.3 is 19.4 Å². The van der Waals surface area contributed by atoms with Gasteiger partial charge in [-0.05, 0) is 43.3 Å². The summed E-state index contributed by atoms with van der Waals surface area (Å²) in [6.07, 6.45) is 3.19. The maximum absolute atomic E-state index is 12.9. The lowest BCUT2D eigenvalue weighted by atomic mass is 9.95. The summed E-state index contributed by atoms with van der Waals surface area (Å²) in [6, 6.07) is 12.5. The van der Waals surface area contributed by atoms with E-state index in [0.717, 1.165) is 45.0 Å². The molecule has 6 nitrogen and oxygen atoms in total. The van der Waals surface area contributed by atoms with Crippen molar-refractivity contribution in [2.45, 2.75) is 25.5 Å². The van der Waals surface area contributed by atoms with Gasteiger partial charge >= 0.3 is 0 Å². The Labute approximate surface area is 173 Å². The molecule has 1 aromatic carbocycles. The predicted molar refractivity (Wildman–Crippen MR) is 114 cm³/mol. The third kappa shape index (κ3) is 4.77. The minimum absolute atomic E-state index is 0.114. The zero-order chi connectivity index (χ0) is 20.2. The van der Waals surface area contributed by atoms with Crippen LogP contribution in [0.2, 0.25) is 0 Å². The van der Waals surface area contributed by atoms with Crippen LogP contribution in [0.5, 0.6) is 0 Å². The van der Waals surface area contributed by atoms with Crippen LogP contribution in [0.15, 0.2) is 42.6 Å². The molecule has 2 aliphatic rings. The number of carbonyl (C=O) groups excluding carboxylic acids is 1. The minimum Gasteiger partial charge on any atom is -0.373 e. The molecule has 0 aliphatic carbocycles. The lowest BCUT2D eigenvalue weighted by Crippen LogP contribution is -2.49. The third-order valence-corrected chi connectivity index (χ3v) is 5.72. The average Bonchev–Trinajstić information content (AvgIpc) is 2.74. The number of pyridine rings is 1. The van der Waals surface area contributed by atoms with Crippen LogP contribution >= 0.6 is 0 Å². The molecule has 0 spiro atoms. The molecule has 1 atom stereocenters. The van der Waals surface area contributed by atoms with Gasteiger partial charge in [0.1, 0.15) is 5.82 Å². The van der Waals surface area contributed by atoms with Gasteiger partial charge in [0.05, 0.1) is 19.1 Å². The van der Waals surface area contributed by atoms with Crippen molar-refractivity contribution in [1.82, 2.24) is 14.8 Å². The van der Waals surface area contributed by atoms with Crippen molar-refractivity contribution in [2.75, 3.05) is 51.8 Å². The first-order chi connectivity index (χ1) is 14.1. The van der Waals surface area contributed by atoms with Gasteiger partial charge in [-0.3, -0.25) is 4.79 Å². The number of benzene rings is 1. The number of carbonyl (C=O) groups is 1.